The fraction of sp³-hybridized carbons (Fsp3) is 1.00. The van der Waals surface area contributed by atoms with Crippen molar-refractivity contribution in [3.05, 3.63) is 0 Å². The van der Waals surface area contributed by atoms with Crippen LogP contribution in [0.1, 0.15) is 59.3 Å². The minimum Gasteiger partial charge on any atom is -0.394 e. The molecule has 0 spiro atoms. The predicted molar refractivity (Wildman–Crippen MR) is 77.9 cm³/mol. The lowest BCUT2D eigenvalue weighted by atomic mass is 9.97. The Morgan fingerprint density at radius 3 is 2.67 bits per heavy atom. The molecule has 1 fully saturated rings. The van der Waals surface area contributed by atoms with Gasteiger partial charge in [0, 0.05) is 17.6 Å². The number of nitrogens with one attached hydrogen (secondary N) is 1. The van der Waals surface area contributed by atoms with Gasteiger partial charge in [-0.1, -0.05) is 33.6 Å². The number of hydrogen-bond donors (Lipinski definition) is 2. The lowest BCUT2D eigenvalue weighted by molar-refractivity contribution is 0.142. The van der Waals surface area contributed by atoms with Crippen LogP contribution in [0.15, 0.2) is 0 Å². The minimum absolute atomic E-state index is 0.0299. The van der Waals surface area contributed by atoms with Gasteiger partial charge in [-0.15, -0.1) is 0 Å². The van der Waals surface area contributed by atoms with Crippen molar-refractivity contribution in [1.82, 2.24) is 10.2 Å². The third-order valence-electron chi connectivity index (χ3n) is 4.22. The van der Waals surface area contributed by atoms with E-state index in [-0.39, 0.29) is 12.1 Å². The molecular weight excluding hydrogens is 224 g/mol. The van der Waals surface area contributed by atoms with Gasteiger partial charge in [0.05, 0.1) is 6.61 Å². The molecule has 0 aromatic carbocycles. The minimum atomic E-state index is -0.0299. The Hall–Kier alpha value is -0.120. The highest BCUT2D eigenvalue weighted by Gasteiger charge is 2.40. The molecule has 3 nitrogen and oxygen atoms in total. The van der Waals surface area contributed by atoms with E-state index in [2.05, 4.69) is 38.0 Å². The third kappa shape index (κ3) is 4.52. The molecule has 0 radical (unpaired) electrons. The van der Waals surface area contributed by atoms with E-state index < -0.39 is 0 Å². The number of rotatable bonds is 8. The Morgan fingerprint density at radius 2 is 2.11 bits per heavy atom. The van der Waals surface area contributed by atoms with Crippen molar-refractivity contribution in [2.24, 2.45) is 0 Å². The van der Waals surface area contributed by atoms with E-state index in [4.69, 9.17) is 0 Å². The lowest BCUT2D eigenvalue weighted by Gasteiger charge is -2.32. The smallest absolute Gasteiger partial charge is 0.0614 e. The summed E-state index contributed by atoms with van der Waals surface area (Å²) in [7, 11) is 2.24. The van der Waals surface area contributed by atoms with Crippen LogP contribution in [0.4, 0.5) is 0 Å². The van der Waals surface area contributed by atoms with E-state index in [0.29, 0.717) is 12.1 Å². The van der Waals surface area contributed by atoms with Crippen LogP contribution in [-0.2, 0) is 0 Å². The maximum atomic E-state index is 9.70. The van der Waals surface area contributed by atoms with E-state index in [0.717, 1.165) is 12.8 Å². The first-order chi connectivity index (χ1) is 8.53. The second-order valence-electron chi connectivity index (χ2n) is 6.32. The highest BCUT2D eigenvalue weighted by Crippen LogP contribution is 2.33. The Balaban J connectivity index is 2.42. The summed E-state index contributed by atoms with van der Waals surface area (Å²) in [5, 5.41) is 13.3. The first kappa shape index (κ1) is 15.9. The van der Waals surface area contributed by atoms with Crippen molar-refractivity contribution in [2.75, 3.05) is 20.2 Å². The molecular formula is C15H32N2O. The van der Waals surface area contributed by atoms with Crippen molar-refractivity contribution >= 4 is 0 Å². The average molecular weight is 256 g/mol. The van der Waals surface area contributed by atoms with E-state index in [1.54, 1.807) is 0 Å². The lowest BCUT2D eigenvalue weighted by Crippen LogP contribution is -2.50. The Bertz CT molecular complexity index is 233. The van der Waals surface area contributed by atoms with Gasteiger partial charge in [0.15, 0.2) is 0 Å². The second kappa shape index (κ2) is 7.46. The van der Waals surface area contributed by atoms with Crippen LogP contribution in [0.3, 0.4) is 0 Å². The summed E-state index contributed by atoms with van der Waals surface area (Å²) >= 11 is 0. The van der Waals surface area contributed by atoms with Gasteiger partial charge in [-0.05, 0) is 39.3 Å². The van der Waals surface area contributed by atoms with Gasteiger partial charge in [-0.25, -0.2) is 0 Å². The van der Waals surface area contributed by atoms with Crippen LogP contribution < -0.4 is 5.32 Å². The van der Waals surface area contributed by atoms with Crippen LogP contribution in [0.25, 0.3) is 0 Å². The largest absolute Gasteiger partial charge is 0.394 e. The molecule has 0 amide bonds. The number of unbranched alkanes of at least 4 members (excludes halogenated alkanes) is 2. The van der Waals surface area contributed by atoms with Crippen LogP contribution in [0.5, 0.6) is 0 Å². The summed E-state index contributed by atoms with van der Waals surface area (Å²) in [4.78, 5) is 2.50. The van der Waals surface area contributed by atoms with Crippen LogP contribution in [0, 0.1) is 0 Å². The highest BCUT2D eigenvalue weighted by atomic mass is 16.3. The Morgan fingerprint density at radius 1 is 1.39 bits per heavy atom. The Kier molecular flexibility index (Phi) is 6.61. The summed E-state index contributed by atoms with van der Waals surface area (Å²) in [6.07, 6.45) is 7.31. The van der Waals surface area contributed by atoms with Gasteiger partial charge < -0.3 is 15.3 Å². The SMILES string of the molecule is CCCCCN(C)C1CCC(CO)(NC(C)C)C1. The first-order valence-corrected chi connectivity index (χ1v) is 7.62. The molecule has 2 N–H and O–H groups in total. The zero-order valence-corrected chi connectivity index (χ0v) is 12.7. The molecule has 2 unspecified atom stereocenters. The number of nitrogens with zero attached hydrogens (tertiary/aromatic N) is 1. The molecule has 0 aliphatic heterocycles. The third-order valence-corrected chi connectivity index (χ3v) is 4.22. The van der Waals surface area contributed by atoms with Crippen molar-refractivity contribution in [3.63, 3.8) is 0 Å². The van der Waals surface area contributed by atoms with Gasteiger partial charge >= 0.3 is 0 Å². The van der Waals surface area contributed by atoms with Gasteiger partial charge in [0.25, 0.3) is 0 Å². The van der Waals surface area contributed by atoms with Gasteiger partial charge in [0.1, 0.15) is 0 Å². The number of aliphatic hydroxyl groups excluding tert-OH is 1. The average Bonchev–Trinajstić information content (AvgIpc) is 2.73. The van der Waals surface area contributed by atoms with Gasteiger partial charge in [-0.2, -0.15) is 0 Å². The van der Waals surface area contributed by atoms with Gasteiger partial charge in [-0.3, -0.25) is 0 Å². The molecule has 1 aliphatic rings. The monoisotopic (exact) mass is 256 g/mol. The normalized spacial score (nSPS) is 28.5. The zero-order chi connectivity index (χ0) is 13.6. The van der Waals surface area contributed by atoms with E-state index in [1.807, 2.05) is 0 Å². The molecule has 18 heavy (non-hydrogen) atoms. The molecule has 108 valence electrons. The van der Waals surface area contributed by atoms with Crippen molar-refractivity contribution in [3.8, 4) is 0 Å². The molecule has 2 atom stereocenters. The summed E-state index contributed by atoms with van der Waals surface area (Å²) in [6, 6.07) is 1.08. The summed E-state index contributed by atoms with van der Waals surface area (Å²) in [5.74, 6) is 0. The summed E-state index contributed by atoms with van der Waals surface area (Å²) < 4.78 is 0. The zero-order valence-electron chi connectivity index (χ0n) is 12.7. The van der Waals surface area contributed by atoms with Crippen molar-refractivity contribution in [2.45, 2.75) is 76.9 Å². The molecule has 0 aromatic heterocycles. The molecule has 3 heteroatoms. The molecule has 1 aliphatic carbocycles. The molecule has 0 aromatic rings. The van der Waals surface area contributed by atoms with E-state index in [9.17, 15) is 5.11 Å². The predicted octanol–water partition coefficient (Wildman–Crippen LogP) is 2.39. The summed E-state index contributed by atoms with van der Waals surface area (Å²) in [6.45, 7) is 8.04. The maximum Gasteiger partial charge on any atom is 0.0614 e. The molecule has 1 rings (SSSR count). The number of aliphatic hydroxyl groups is 1. The Labute approximate surface area is 113 Å². The molecule has 1 saturated carbocycles. The molecule has 0 saturated heterocycles. The van der Waals surface area contributed by atoms with Crippen LogP contribution in [0.2, 0.25) is 0 Å². The highest BCUT2D eigenvalue weighted by molar-refractivity contribution is 4.99. The molecule has 0 heterocycles. The second-order valence-corrected chi connectivity index (χ2v) is 6.32. The van der Waals surface area contributed by atoms with Crippen LogP contribution >= 0.6 is 0 Å². The van der Waals surface area contributed by atoms with Crippen LogP contribution in [-0.4, -0.2) is 47.8 Å². The van der Waals surface area contributed by atoms with Gasteiger partial charge in [0.2, 0.25) is 0 Å². The van der Waals surface area contributed by atoms with E-state index >= 15 is 0 Å². The maximum absolute atomic E-state index is 9.70. The summed E-state index contributed by atoms with van der Waals surface area (Å²) in [5.41, 5.74) is -0.0299. The molecule has 0 bridgehead atoms. The van der Waals surface area contributed by atoms with Crippen molar-refractivity contribution < 1.29 is 5.11 Å². The topological polar surface area (TPSA) is 35.5 Å². The fourth-order valence-corrected chi connectivity index (χ4v) is 3.20. The fourth-order valence-electron chi connectivity index (χ4n) is 3.20. The van der Waals surface area contributed by atoms with E-state index in [1.165, 1.54) is 32.2 Å². The number of hydrogen-bond acceptors (Lipinski definition) is 3. The quantitative estimate of drug-likeness (QED) is 0.655. The first-order valence-electron chi connectivity index (χ1n) is 7.62. The van der Waals surface area contributed by atoms with Crippen molar-refractivity contribution in [1.29, 1.82) is 0 Å². The standard InChI is InChI=1S/C15H32N2O/c1-5-6-7-10-17(4)14-8-9-15(11-14,12-18)16-13(2)3/h13-14,16,18H,5-12H2,1-4H3.